The second-order valence-electron chi connectivity index (χ2n) is 3.51. The van der Waals surface area contributed by atoms with Crippen LogP contribution < -0.4 is 0 Å². The molecule has 0 aromatic carbocycles. The molecule has 5 nitrogen and oxygen atoms in total. The normalized spacial score (nSPS) is 11.7. The Hall–Kier alpha value is 0.500. The van der Waals surface area contributed by atoms with Gasteiger partial charge in [-0.1, -0.05) is 0 Å². The van der Waals surface area contributed by atoms with Crippen LogP contribution in [0.2, 0.25) is 0 Å². The summed E-state index contributed by atoms with van der Waals surface area (Å²) in [7, 11) is 13.2. The van der Waals surface area contributed by atoms with E-state index in [4.69, 9.17) is 5.11 Å². The molecular formula is C8H26N4OP2. The van der Waals surface area contributed by atoms with Gasteiger partial charge in [-0.15, -0.1) is 0 Å². The zero-order chi connectivity index (χ0) is 12.6. The molecule has 0 saturated heterocycles. The Morgan fingerprint density at radius 3 is 1.20 bits per heavy atom. The summed E-state index contributed by atoms with van der Waals surface area (Å²) in [4.78, 5) is 0. The highest BCUT2D eigenvalue weighted by Gasteiger charge is 2.26. The molecule has 0 spiro atoms. The van der Waals surface area contributed by atoms with Gasteiger partial charge in [0.05, 0.1) is 0 Å². The largest absolute Gasteiger partial charge is 0.397 e. The Balaban J connectivity index is 0. The van der Waals surface area contributed by atoms with Crippen LogP contribution in [0.25, 0.3) is 0 Å². The molecule has 0 aliphatic carbocycles. The van der Waals surface area contributed by atoms with Crippen molar-refractivity contribution in [3.8, 4) is 0 Å². The standard InChI is InChI=1S/C6H20N4P2.C2H6O/c1-8(2)12(7-11,9(3)4)10(5)6;1-2-3/h11H2,1-6H3;3H,2H2,1H3. The topological polar surface area (TPSA) is 42.3 Å². The van der Waals surface area contributed by atoms with Crippen molar-refractivity contribution in [3.63, 3.8) is 0 Å². The zero-order valence-electron chi connectivity index (χ0n) is 11.0. The van der Waals surface area contributed by atoms with E-state index in [1.807, 2.05) is 0 Å². The highest BCUT2D eigenvalue weighted by Crippen LogP contribution is 2.55. The average molecular weight is 256 g/mol. The number of rotatable bonds is 3. The van der Waals surface area contributed by atoms with E-state index in [2.05, 4.69) is 70.2 Å². The quantitative estimate of drug-likeness (QED) is 0.775. The first-order valence-corrected chi connectivity index (χ1v) is 6.88. The first-order valence-electron chi connectivity index (χ1n) is 4.76. The van der Waals surface area contributed by atoms with Crippen LogP contribution in [0.4, 0.5) is 0 Å². The first-order chi connectivity index (χ1) is 6.81. The molecule has 15 heavy (non-hydrogen) atoms. The van der Waals surface area contributed by atoms with Gasteiger partial charge in [0.25, 0.3) is 0 Å². The maximum absolute atomic E-state index is 7.57. The van der Waals surface area contributed by atoms with Gasteiger partial charge in [0.15, 0.2) is 7.51 Å². The van der Waals surface area contributed by atoms with Crippen LogP contribution in [0, 0.1) is 0 Å². The zero-order valence-corrected chi connectivity index (χ0v) is 13.0. The molecule has 0 rings (SSSR count). The van der Waals surface area contributed by atoms with Gasteiger partial charge in [0, 0.05) is 6.61 Å². The third-order valence-corrected chi connectivity index (χ3v) is 6.22. The maximum atomic E-state index is 7.57. The number of nitrogens with zero attached hydrogens (tertiary/aromatic N) is 4. The van der Waals surface area contributed by atoms with E-state index < -0.39 is 7.51 Å². The Morgan fingerprint density at radius 1 is 1.00 bits per heavy atom. The molecular weight excluding hydrogens is 230 g/mol. The SMILES string of the molecule is CCO.CN(C)P(=NP)(N(C)C)N(C)C. The minimum absolute atomic E-state index is 0.250. The lowest BCUT2D eigenvalue weighted by atomic mass is 10.9. The molecule has 0 aromatic rings. The molecule has 0 fully saturated rings. The van der Waals surface area contributed by atoms with Gasteiger partial charge in [-0.3, -0.25) is 14.0 Å². The summed E-state index contributed by atoms with van der Waals surface area (Å²) in [6.45, 7) is 1.93. The Labute approximate surface area is 96.9 Å². The minimum atomic E-state index is -1.60. The highest BCUT2D eigenvalue weighted by atomic mass is 31.2. The summed E-state index contributed by atoms with van der Waals surface area (Å²) in [5.41, 5.74) is 0. The molecule has 0 aliphatic rings. The fraction of sp³-hybridized carbons (Fsp3) is 1.00. The second kappa shape index (κ2) is 8.63. The molecule has 0 amide bonds. The van der Waals surface area contributed by atoms with E-state index in [1.54, 1.807) is 6.92 Å². The molecule has 1 N–H and O–H groups in total. The molecule has 1 unspecified atom stereocenters. The van der Waals surface area contributed by atoms with E-state index in [0.717, 1.165) is 0 Å². The minimum Gasteiger partial charge on any atom is -0.397 e. The summed E-state index contributed by atoms with van der Waals surface area (Å²) >= 11 is 0. The monoisotopic (exact) mass is 256 g/mol. The van der Waals surface area contributed by atoms with Crippen LogP contribution in [0.1, 0.15) is 6.92 Å². The third-order valence-electron chi connectivity index (χ3n) is 1.76. The predicted octanol–water partition coefficient (Wildman–Crippen LogP) is 1.41. The Kier molecular flexibility index (Phi) is 10.3. The molecule has 0 aliphatic heterocycles. The lowest BCUT2D eigenvalue weighted by molar-refractivity contribution is 0.318. The van der Waals surface area contributed by atoms with Crippen molar-refractivity contribution in [1.29, 1.82) is 0 Å². The maximum Gasteiger partial charge on any atom is 0.169 e. The summed E-state index contributed by atoms with van der Waals surface area (Å²) in [6, 6.07) is 0. The van der Waals surface area contributed by atoms with Gasteiger partial charge in [-0.05, 0) is 58.6 Å². The number of hydrogen-bond donors (Lipinski definition) is 1. The van der Waals surface area contributed by atoms with Gasteiger partial charge in [-0.2, -0.15) is 0 Å². The average Bonchev–Trinajstić information content (AvgIpc) is 2.04. The predicted molar refractivity (Wildman–Crippen MR) is 72.9 cm³/mol. The van der Waals surface area contributed by atoms with Crippen LogP contribution in [-0.4, -0.2) is 68.0 Å². The fourth-order valence-electron chi connectivity index (χ4n) is 1.38. The lowest BCUT2D eigenvalue weighted by Crippen LogP contribution is -2.30. The van der Waals surface area contributed by atoms with Crippen LogP contribution in [0.5, 0.6) is 0 Å². The van der Waals surface area contributed by atoms with Gasteiger partial charge in [0.2, 0.25) is 0 Å². The van der Waals surface area contributed by atoms with E-state index in [1.165, 1.54) is 0 Å². The van der Waals surface area contributed by atoms with E-state index in [9.17, 15) is 0 Å². The second-order valence-corrected chi connectivity index (χ2v) is 7.91. The van der Waals surface area contributed by atoms with Crippen molar-refractivity contribution in [2.45, 2.75) is 6.92 Å². The van der Waals surface area contributed by atoms with Crippen molar-refractivity contribution in [2.75, 3.05) is 48.9 Å². The van der Waals surface area contributed by atoms with E-state index in [0.29, 0.717) is 0 Å². The van der Waals surface area contributed by atoms with Gasteiger partial charge in [-0.25, -0.2) is 4.52 Å². The summed E-state index contributed by atoms with van der Waals surface area (Å²) in [5, 5.41) is 7.57. The van der Waals surface area contributed by atoms with Crippen LogP contribution >= 0.6 is 16.9 Å². The first kappa shape index (κ1) is 17.9. The van der Waals surface area contributed by atoms with Gasteiger partial charge < -0.3 is 5.11 Å². The van der Waals surface area contributed by atoms with Crippen molar-refractivity contribution in [3.05, 3.63) is 0 Å². The Morgan fingerprint density at radius 2 is 1.20 bits per heavy atom. The molecule has 0 bridgehead atoms. The van der Waals surface area contributed by atoms with Crippen LogP contribution in [0.15, 0.2) is 4.52 Å². The molecule has 7 heteroatoms. The van der Waals surface area contributed by atoms with Crippen LogP contribution in [-0.2, 0) is 0 Å². The molecule has 0 heterocycles. The Bertz CT molecular complexity index is 178. The molecule has 0 radical (unpaired) electrons. The fourth-order valence-corrected chi connectivity index (χ4v) is 6.01. The van der Waals surface area contributed by atoms with Crippen molar-refractivity contribution in [1.82, 2.24) is 14.0 Å². The van der Waals surface area contributed by atoms with Crippen molar-refractivity contribution >= 4 is 16.9 Å². The summed E-state index contributed by atoms with van der Waals surface area (Å²) in [6.07, 6.45) is 0. The van der Waals surface area contributed by atoms with Crippen LogP contribution in [0.3, 0.4) is 0 Å². The lowest BCUT2D eigenvalue weighted by Gasteiger charge is -2.40. The van der Waals surface area contributed by atoms with Crippen molar-refractivity contribution in [2.24, 2.45) is 4.52 Å². The summed E-state index contributed by atoms with van der Waals surface area (Å²) < 4.78 is 10.9. The molecule has 0 saturated carbocycles. The van der Waals surface area contributed by atoms with E-state index >= 15 is 0 Å². The number of hydrogen-bond acceptors (Lipinski definition) is 2. The van der Waals surface area contributed by atoms with Crippen molar-refractivity contribution < 1.29 is 5.11 Å². The highest BCUT2D eigenvalue weighted by molar-refractivity contribution is 7.61. The molecule has 0 aromatic heterocycles. The van der Waals surface area contributed by atoms with Gasteiger partial charge >= 0.3 is 0 Å². The molecule has 1 atom stereocenters. The number of aliphatic hydroxyl groups is 1. The van der Waals surface area contributed by atoms with Gasteiger partial charge in [0.1, 0.15) is 0 Å². The molecule has 94 valence electrons. The summed E-state index contributed by atoms with van der Waals surface area (Å²) in [5.74, 6) is 0. The third kappa shape index (κ3) is 4.90. The number of aliphatic hydroxyl groups excluding tert-OH is 1. The smallest absolute Gasteiger partial charge is 0.169 e. The van der Waals surface area contributed by atoms with E-state index in [-0.39, 0.29) is 6.61 Å².